The third-order valence-corrected chi connectivity index (χ3v) is 11.2. The topological polar surface area (TPSA) is 0 Å². The van der Waals surface area contributed by atoms with Gasteiger partial charge < -0.3 is 0 Å². The minimum absolute atomic E-state index is 0.970. The van der Waals surface area contributed by atoms with Crippen LogP contribution in [0, 0.1) is 11.8 Å². The molecule has 0 radical (unpaired) electrons. The Morgan fingerprint density at radius 1 is 0.905 bits per heavy atom. The molecule has 6 heteroatoms. The van der Waals surface area contributed by atoms with Gasteiger partial charge in [0.2, 0.25) is 0 Å². The van der Waals surface area contributed by atoms with Gasteiger partial charge in [-0.3, -0.25) is 0 Å². The zero-order chi connectivity index (χ0) is 14.1. The van der Waals surface area contributed by atoms with Gasteiger partial charge in [-0.2, -0.15) is 0 Å². The molecule has 0 aromatic heterocycles. The molecule has 0 N–H and O–H groups in total. The van der Waals surface area contributed by atoms with Crippen molar-refractivity contribution in [1.29, 1.82) is 0 Å². The fourth-order valence-electron chi connectivity index (χ4n) is 1.74. The van der Waals surface area contributed by atoms with Crippen molar-refractivity contribution in [3.8, 4) is 11.8 Å². The summed E-state index contributed by atoms with van der Waals surface area (Å²) in [6.07, 6.45) is 5.87. The fraction of sp³-hybridized carbons (Fsp3) is 0.133. The molecule has 0 aromatic rings. The maximum absolute atomic E-state index is 3.25. The molecule has 4 rings (SSSR count). The summed E-state index contributed by atoms with van der Waals surface area (Å²) in [7, 11) is 0. The zero-order valence-corrected chi connectivity index (χ0v) is 15.6. The van der Waals surface area contributed by atoms with E-state index in [1.165, 1.54) is 28.5 Å². The molecule has 3 heterocycles. The monoisotopic (exact) mass is 380 g/mol. The molecule has 104 valence electrons. The first-order valence-corrected chi connectivity index (χ1v) is 11.5. The normalized spacial score (nSPS) is 23.2. The zero-order valence-electron chi connectivity index (χ0n) is 10.7. The molecule has 3 aliphatic heterocycles. The van der Waals surface area contributed by atoms with Gasteiger partial charge in [-0.25, -0.2) is 0 Å². The first-order valence-electron chi connectivity index (χ1n) is 6.18. The molecule has 0 aromatic carbocycles. The highest BCUT2D eigenvalue weighted by Crippen LogP contribution is 2.63. The van der Waals surface area contributed by atoms with Crippen LogP contribution < -0.4 is 0 Å². The van der Waals surface area contributed by atoms with Crippen LogP contribution in [0.15, 0.2) is 56.8 Å². The standard InChI is InChI=1S/C15H8S6/c1-2-4-10(3-1)5-6-11-9-18-14(19-11)15-20-12-13(21-15)17-8-7-16-12/h1-3,9H,7-8H2. The van der Waals surface area contributed by atoms with Gasteiger partial charge in [0.1, 0.15) is 0 Å². The maximum Gasteiger partial charge on any atom is 0.0717 e. The summed E-state index contributed by atoms with van der Waals surface area (Å²) < 4.78 is 5.83. The summed E-state index contributed by atoms with van der Waals surface area (Å²) in [5, 5.41) is 2.17. The molecule has 0 saturated carbocycles. The van der Waals surface area contributed by atoms with Crippen molar-refractivity contribution >= 4 is 70.6 Å². The summed E-state index contributed by atoms with van der Waals surface area (Å²) in [6.45, 7) is 0. The van der Waals surface area contributed by atoms with E-state index in [-0.39, 0.29) is 0 Å². The highest BCUT2D eigenvalue weighted by atomic mass is 32.3. The van der Waals surface area contributed by atoms with Crippen molar-refractivity contribution in [2.75, 3.05) is 11.5 Å². The first-order chi connectivity index (χ1) is 10.4. The van der Waals surface area contributed by atoms with E-state index in [4.69, 9.17) is 0 Å². The first kappa shape index (κ1) is 14.7. The lowest BCUT2D eigenvalue weighted by Crippen LogP contribution is -1.88. The van der Waals surface area contributed by atoms with E-state index in [1.54, 1.807) is 11.8 Å². The van der Waals surface area contributed by atoms with E-state index >= 15 is 0 Å². The molecule has 1 aliphatic carbocycles. The lowest BCUT2D eigenvalue weighted by molar-refractivity contribution is 1.56. The van der Waals surface area contributed by atoms with E-state index in [0.29, 0.717) is 0 Å². The number of hydrogen-bond acceptors (Lipinski definition) is 6. The van der Waals surface area contributed by atoms with Gasteiger partial charge in [0.15, 0.2) is 0 Å². The van der Waals surface area contributed by atoms with Gasteiger partial charge in [-0.1, -0.05) is 65.0 Å². The third-order valence-electron chi connectivity index (χ3n) is 2.65. The quantitative estimate of drug-likeness (QED) is 0.361. The van der Waals surface area contributed by atoms with Crippen LogP contribution in [-0.4, -0.2) is 11.5 Å². The minimum atomic E-state index is 0.970. The summed E-state index contributed by atoms with van der Waals surface area (Å²) in [4.78, 5) is 1.14. The number of rotatable bonds is 0. The summed E-state index contributed by atoms with van der Waals surface area (Å²) in [5.74, 6) is 8.89. The summed E-state index contributed by atoms with van der Waals surface area (Å²) in [6, 6.07) is 0. The second-order valence-electron chi connectivity index (χ2n) is 4.09. The van der Waals surface area contributed by atoms with Crippen LogP contribution in [-0.2, 0) is 0 Å². The molecule has 0 bridgehead atoms. The lowest BCUT2D eigenvalue weighted by atomic mass is 10.3. The minimum Gasteiger partial charge on any atom is -0.116 e. The van der Waals surface area contributed by atoms with Crippen molar-refractivity contribution in [2.45, 2.75) is 0 Å². The molecular formula is C15H8S6. The van der Waals surface area contributed by atoms with Crippen molar-refractivity contribution < 1.29 is 0 Å². The highest BCUT2D eigenvalue weighted by molar-refractivity contribution is 8.43. The van der Waals surface area contributed by atoms with Crippen LogP contribution >= 0.6 is 70.6 Å². The van der Waals surface area contributed by atoms with E-state index in [0.717, 1.165) is 10.5 Å². The van der Waals surface area contributed by atoms with Gasteiger partial charge in [-0.15, -0.1) is 29.3 Å². The van der Waals surface area contributed by atoms with E-state index in [2.05, 4.69) is 23.0 Å². The Hall–Kier alpha value is 0.140. The van der Waals surface area contributed by atoms with Gasteiger partial charge in [0.25, 0.3) is 0 Å². The molecule has 21 heavy (non-hydrogen) atoms. The summed E-state index contributed by atoms with van der Waals surface area (Å²) >= 11 is 11.5. The average Bonchev–Trinajstić information content (AvgIpc) is 3.24. The number of hydrogen-bond donors (Lipinski definition) is 0. The van der Waals surface area contributed by atoms with Crippen LogP contribution in [0.1, 0.15) is 0 Å². The average molecular weight is 381 g/mol. The maximum atomic E-state index is 3.25. The predicted octanol–water partition coefficient (Wildman–Crippen LogP) is 6.18. The molecular weight excluding hydrogens is 373 g/mol. The van der Waals surface area contributed by atoms with Crippen molar-refractivity contribution in [2.24, 2.45) is 0 Å². The Balaban J connectivity index is 1.45. The molecule has 0 saturated heterocycles. The van der Waals surface area contributed by atoms with E-state index in [9.17, 15) is 0 Å². The highest BCUT2D eigenvalue weighted by Gasteiger charge is 2.28. The van der Waals surface area contributed by atoms with E-state index in [1.807, 2.05) is 77.0 Å². The molecule has 0 atom stereocenters. The molecule has 0 fully saturated rings. The smallest absolute Gasteiger partial charge is 0.0717 e. The van der Waals surface area contributed by atoms with Crippen LogP contribution in [0.2, 0.25) is 0 Å². The van der Waals surface area contributed by atoms with Crippen LogP contribution in [0.4, 0.5) is 0 Å². The van der Waals surface area contributed by atoms with Crippen LogP contribution in [0.25, 0.3) is 0 Å². The molecule has 0 unspecified atom stereocenters. The molecule has 0 spiro atoms. The van der Waals surface area contributed by atoms with Crippen LogP contribution in [0.3, 0.4) is 0 Å². The molecule has 4 aliphatic rings. The Bertz CT molecular complexity index is 727. The SMILES string of the molecule is C1=CC=CC=1C#CC1=CSC(=C2SC3=C(SCCS3)S2)S1. The van der Waals surface area contributed by atoms with Gasteiger partial charge in [-0.05, 0) is 17.6 Å². The number of thioether (sulfide) groups is 6. The Labute approximate surface area is 149 Å². The van der Waals surface area contributed by atoms with Gasteiger partial charge in [0, 0.05) is 11.5 Å². The Morgan fingerprint density at radius 2 is 1.71 bits per heavy atom. The number of allylic oxidation sites excluding steroid dienone is 4. The van der Waals surface area contributed by atoms with Crippen LogP contribution in [0.5, 0.6) is 0 Å². The molecule has 0 amide bonds. The van der Waals surface area contributed by atoms with Crippen molar-refractivity contribution in [3.05, 3.63) is 56.8 Å². The molecule has 0 nitrogen and oxygen atoms in total. The fourth-order valence-corrected chi connectivity index (χ4v) is 10.1. The largest absolute Gasteiger partial charge is 0.116 e. The Kier molecular flexibility index (Phi) is 4.71. The second-order valence-corrected chi connectivity index (χ2v) is 11.3. The van der Waals surface area contributed by atoms with Crippen molar-refractivity contribution in [1.82, 2.24) is 0 Å². The predicted molar refractivity (Wildman–Crippen MR) is 106 cm³/mol. The Morgan fingerprint density at radius 3 is 2.43 bits per heavy atom. The second kappa shape index (κ2) is 6.72. The summed E-state index contributed by atoms with van der Waals surface area (Å²) in [5.41, 5.74) is 4.08. The van der Waals surface area contributed by atoms with Gasteiger partial charge in [0.05, 0.1) is 27.4 Å². The third kappa shape index (κ3) is 3.40. The lowest BCUT2D eigenvalue weighted by Gasteiger charge is -2.08. The van der Waals surface area contributed by atoms with Gasteiger partial charge >= 0.3 is 0 Å². The van der Waals surface area contributed by atoms with E-state index < -0.39 is 0 Å². The van der Waals surface area contributed by atoms with Crippen molar-refractivity contribution in [3.63, 3.8) is 0 Å².